The number of carbonyl (C=O) groups excluding carboxylic acids is 1. The van der Waals surface area contributed by atoms with E-state index >= 15 is 0 Å². The Morgan fingerprint density at radius 3 is 2.54 bits per heavy atom. The van der Waals surface area contributed by atoms with Crippen LogP contribution in [-0.2, 0) is 24.2 Å². The summed E-state index contributed by atoms with van der Waals surface area (Å²) in [5.74, 6) is 2.23. The van der Waals surface area contributed by atoms with Crippen LogP contribution in [0.3, 0.4) is 0 Å². The van der Waals surface area contributed by atoms with Crippen molar-refractivity contribution in [1.29, 1.82) is 0 Å². The van der Waals surface area contributed by atoms with Gasteiger partial charge < -0.3 is 14.6 Å². The van der Waals surface area contributed by atoms with Crippen molar-refractivity contribution in [2.24, 2.45) is 0 Å². The van der Waals surface area contributed by atoms with Gasteiger partial charge in [-0.05, 0) is 68.9 Å². The normalized spacial score (nSPS) is 11.1. The summed E-state index contributed by atoms with van der Waals surface area (Å²) < 4.78 is 8.41. The summed E-state index contributed by atoms with van der Waals surface area (Å²) in [4.78, 5) is 17.1. The number of amides is 1. The first-order chi connectivity index (χ1) is 18.1. The number of imidazole rings is 1. The van der Waals surface area contributed by atoms with Crippen molar-refractivity contribution in [2.45, 2.75) is 65.3 Å². The molecule has 5 heteroatoms. The Kier molecular flexibility index (Phi) is 9.75. The number of aryl methyl sites for hydroxylation is 4. The van der Waals surface area contributed by atoms with E-state index < -0.39 is 0 Å². The smallest absolute Gasteiger partial charge is 0.224 e. The average Bonchev–Trinajstić information content (AvgIpc) is 3.25. The Morgan fingerprint density at radius 2 is 1.70 bits per heavy atom. The molecule has 0 bridgehead atoms. The highest BCUT2D eigenvalue weighted by atomic mass is 16.5. The predicted molar refractivity (Wildman–Crippen MR) is 151 cm³/mol. The molecule has 0 aliphatic heterocycles. The van der Waals surface area contributed by atoms with Gasteiger partial charge in [-0.2, -0.15) is 0 Å². The van der Waals surface area contributed by atoms with Gasteiger partial charge in [0.25, 0.3) is 0 Å². The first-order valence-corrected chi connectivity index (χ1v) is 13.5. The molecule has 5 nitrogen and oxygen atoms in total. The van der Waals surface area contributed by atoms with Crippen LogP contribution in [-0.4, -0.2) is 28.6 Å². The minimum atomic E-state index is 0.0921. The second-order valence-electron chi connectivity index (χ2n) is 9.82. The van der Waals surface area contributed by atoms with Crippen LogP contribution < -0.4 is 10.1 Å². The number of ether oxygens (including phenoxy) is 1. The summed E-state index contributed by atoms with van der Waals surface area (Å²) >= 11 is 0. The van der Waals surface area contributed by atoms with Crippen molar-refractivity contribution < 1.29 is 9.53 Å². The molecule has 3 aromatic carbocycles. The molecule has 4 rings (SSSR count). The lowest BCUT2D eigenvalue weighted by Gasteiger charge is -2.12. The van der Waals surface area contributed by atoms with E-state index in [0.29, 0.717) is 6.42 Å². The van der Waals surface area contributed by atoms with Crippen LogP contribution >= 0.6 is 0 Å². The largest absolute Gasteiger partial charge is 0.493 e. The zero-order valence-corrected chi connectivity index (χ0v) is 22.2. The number of nitrogens with one attached hydrogen (secondary N) is 1. The van der Waals surface area contributed by atoms with Crippen LogP contribution in [0.15, 0.2) is 72.8 Å². The number of hydrogen-bond acceptors (Lipinski definition) is 3. The van der Waals surface area contributed by atoms with E-state index in [0.717, 1.165) is 80.9 Å². The lowest BCUT2D eigenvalue weighted by atomic mass is 10.1. The van der Waals surface area contributed by atoms with Crippen molar-refractivity contribution in [3.8, 4) is 5.75 Å². The van der Waals surface area contributed by atoms with Crippen LogP contribution in [0, 0.1) is 13.8 Å². The summed E-state index contributed by atoms with van der Waals surface area (Å²) in [7, 11) is 0. The number of benzene rings is 3. The number of fused-ring (bicyclic) bond motifs is 1. The van der Waals surface area contributed by atoms with Gasteiger partial charge in [0, 0.05) is 19.5 Å². The molecule has 4 aromatic rings. The molecule has 0 unspecified atom stereocenters. The van der Waals surface area contributed by atoms with E-state index in [1.807, 2.05) is 30.3 Å². The van der Waals surface area contributed by atoms with E-state index in [4.69, 9.17) is 9.72 Å². The Bertz CT molecular complexity index is 1280. The van der Waals surface area contributed by atoms with Crippen LogP contribution in [0.1, 0.15) is 54.6 Å². The Hall–Kier alpha value is -3.60. The number of rotatable bonds is 14. The van der Waals surface area contributed by atoms with Gasteiger partial charge >= 0.3 is 0 Å². The third-order valence-corrected chi connectivity index (χ3v) is 6.70. The molecule has 0 aliphatic carbocycles. The molecule has 0 radical (unpaired) electrons. The molecule has 37 heavy (non-hydrogen) atoms. The van der Waals surface area contributed by atoms with Crippen molar-refractivity contribution in [3.05, 3.63) is 95.3 Å². The van der Waals surface area contributed by atoms with Gasteiger partial charge in [-0.3, -0.25) is 4.79 Å². The van der Waals surface area contributed by atoms with E-state index in [1.54, 1.807) is 0 Å². The van der Waals surface area contributed by atoms with E-state index in [-0.39, 0.29) is 5.91 Å². The Morgan fingerprint density at radius 1 is 0.892 bits per heavy atom. The maximum Gasteiger partial charge on any atom is 0.224 e. The second kappa shape index (κ2) is 13.6. The number of hydrogen-bond donors (Lipinski definition) is 1. The third-order valence-electron chi connectivity index (χ3n) is 6.70. The highest BCUT2D eigenvalue weighted by Gasteiger charge is 2.10. The van der Waals surface area contributed by atoms with E-state index in [9.17, 15) is 4.79 Å². The maximum absolute atomic E-state index is 12.1. The highest BCUT2D eigenvalue weighted by molar-refractivity contribution is 5.78. The average molecular weight is 498 g/mol. The summed E-state index contributed by atoms with van der Waals surface area (Å²) in [6.45, 7) is 6.60. The van der Waals surface area contributed by atoms with Crippen molar-refractivity contribution in [2.75, 3.05) is 13.2 Å². The topological polar surface area (TPSA) is 56.1 Å². The van der Waals surface area contributed by atoms with Crippen molar-refractivity contribution >= 4 is 16.9 Å². The number of carbonyl (C=O) groups is 1. The van der Waals surface area contributed by atoms with Gasteiger partial charge in [-0.15, -0.1) is 0 Å². The zero-order valence-electron chi connectivity index (χ0n) is 22.2. The SMILES string of the molecule is Cc1ccc(OCCCCn2c(CCCCCNC(=O)Cc3ccccc3)nc3ccccc32)c(C)c1. The lowest BCUT2D eigenvalue weighted by molar-refractivity contribution is -0.120. The molecule has 1 heterocycles. The monoisotopic (exact) mass is 497 g/mol. The molecule has 0 fully saturated rings. The molecule has 1 amide bonds. The van der Waals surface area contributed by atoms with Crippen LogP contribution in [0.25, 0.3) is 11.0 Å². The zero-order chi connectivity index (χ0) is 25.9. The predicted octanol–water partition coefficient (Wildman–Crippen LogP) is 6.58. The summed E-state index contributed by atoms with van der Waals surface area (Å²) in [5.41, 5.74) is 5.78. The molecule has 1 N–H and O–H groups in total. The quantitative estimate of drug-likeness (QED) is 0.200. The van der Waals surface area contributed by atoms with E-state index in [2.05, 4.69) is 66.2 Å². The Labute approximate surface area is 220 Å². The first-order valence-electron chi connectivity index (χ1n) is 13.5. The number of aromatic nitrogens is 2. The molecule has 0 spiro atoms. The molecule has 0 saturated carbocycles. The molecular formula is C32H39N3O2. The molecular weight excluding hydrogens is 458 g/mol. The fourth-order valence-corrected chi connectivity index (χ4v) is 4.74. The highest BCUT2D eigenvalue weighted by Crippen LogP contribution is 2.21. The van der Waals surface area contributed by atoms with Gasteiger partial charge in [0.2, 0.25) is 5.91 Å². The molecule has 0 aliphatic rings. The third kappa shape index (κ3) is 7.94. The van der Waals surface area contributed by atoms with Crippen molar-refractivity contribution in [1.82, 2.24) is 14.9 Å². The summed E-state index contributed by atoms with van der Waals surface area (Å²) in [6, 6.07) is 24.6. The molecule has 0 atom stereocenters. The van der Waals surface area contributed by atoms with Crippen LogP contribution in [0.5, 0.6) is 5.75 Å². The summed E-state index contributed by atoms with van der Waals surface area (Å²) in [5, 5.41) is 3.05. The van der Waals surface area contributed by atoms with Gasteiger partial charge in [-0.1, -0.05) is 66.6 Å². The Balaban J connectivity index is 1.20. The van der Waals surface area contributed by atoms with Gasteiger partial charge in [-0.25, -0.2) is 4.98 Å². The maximum atomic E-state index is 12.1. The van der Waals surface area contributed by atoms with Gasteiger partial charge in [0.05, 0.1) is 24.1 Å². The van der Waals surface area contributed by atoms with Crippen LogP contribution in [0.2, 0.25) is 0 Å². The number of unbranched alkanes of at least 4 members (excludes halogenated alkanes) is 3. The van der Waals surface area contributed by atoms with Crippen molar-refractivity contribution in [3.63, 3.8) is 0 Å². The molecule has 1 aromatic heterocycles. The number of para-hydroxylation sites is 2. The van der Waals surface area contributed by atoms with Gasteiger partial charge in [0.15, 0.2) is 0 Å². The first kappa shape index (κ1) is 26.5. The fraction of sp³-hybridized carbons (Fsp3) is 0.375. The lowest BCUT2D eigenvalue weighted by Crippen LogP contribution is -2.26. The minimum Gasteiger partial charge on any atom is -0.493 e. The second-order valence-corrected chi connectivity index (χ2v) is 9.82. The van der Waals surface area contributed by atoms with Gasteiger partial charge in [0.1, 0.15) is 11.6 Å². The minimum absolute atomic E-state index is 0.0921. The molecule has 0 saturated heterocycles. The van der Waals surface area contributed by atoms with Crippen LogP contribution in [0.4, 0.5) is 0 Å². The summed E-state index contributed by atoms with van der Waals surface area (Å²) in [6.07, 6.45) is 6.56. The van der Waals surface area contributed by atoms with E-state index in [1.165, 1.54) is 16.6 Å². The molecule has 194 valence electrons. The standard InChI is InChI=1S/C32H39N3O2/c1-25-18-19-30(26(2)23-25)37-22-12-11-21-35-29-16-9-8-15-28(29)34-31(35)17-7-4-10-20-33-32(36)24-27-13-5-3-6-14-27/h3,5-6,8-9,13-16,18-19,23H,4,7,10-12,17,20-22,24H2,1-2H3,(H,33,36). The number of nitrogens with zero attached hydrogens (tertiary/aromatic N) is 2. The fourth-order valence-electron chi connectivity index (χ4n) is 4.74.